The maximum atomic E-state index is 10.5. The van der Waals surface area contributed by atoms with E-state index in [9.17, 15) is 5.11 Å². The van der Waals surface area contributed by atoms with Crippen LogP contribution in [0, 0.1) is 5.92 Å². The van der Waals surface area contributed by atoms with Crippen LogP contribution >= 0.6 is 49.0 Å². The summed E-state index contributed by atoms with van der Waals surface area (Å²) in [4.78, 5) is 3.41. The number of rotatable bonds is 11. The molecule has 5 N–H and O–H groups in total. The van der Waals surface area contributed by atoms with Crippen molar-refractivity contribution in [3.8, 4) is 11.5 Å². The van der Waals surface area contributed by atoms with E-state index in [2.05, 4.69) is 46.4 Å². The number of nitrogens with zero attached hydrogens (tertiary/aromatic N) is 2. The zero-order valence-electron chi connectivity index (χ0n) is 20.1. The lowest BCUT2D eigenvalue weighted by Gasteiger charge is -2.27. The highest BCUT2D eigenvalue weighted by molar-refractivity contribution is 7.99. The van der Waals surface area contributed by atoms with Gasteiger partial charge in [-0.2, -0.15) is 5.10 Å². The largest absolute Gasteiger partial charge is 0.506 e. The predicted molar refractivity (Wildman–Crippen MR) is 154 cm³/mol. The minimum absolute atomic E-state index is 0. The number of H-pyrrole nitrogens is 1. The second-order valence-electron chi connectivity index (χ2n) is 8.14. The zero-order valence-corrected chi connectivity index (χ0v) is 23.3. The number of halogens is 3. The third-order valence-corrected chi connectivity index (χ3v) is 7.31. The van der Waals surface area contributed by atoms with Crippen molar-refractivity contribution in [2.24, 2.45) is 11.7 Å². The SMILES string of the molecule is CCN(CC)CCC1CC=C(NCCN)C=C1CSc1cc(O)c2n[nH]c3c2c1OC=C3.Cl.Cl.Cl. The molecule has 7 nitrogen and oxygen atoms in total. The first-order chi connectivity index (χ1) is 15.6. The van der Waals surface area contributed by atoms with Gasteiger partial charge in [0.05, 0.1) is 22.2 Å². The molecule has 2 heterocycles. The van der Waals surface area contributed by atoms with Crippen LogP contribution in [0.3, 0.4) is 0 Å². The molecule has 0 radical (unpaired) electrons. The van der Waals surface area contributed by atoms with E-state index in [1.165, 1.54) is 5.57 Å². The third kappa shape index (κ3) is 7.24. The summed E-state index contributed by atoms with van der Waals surface area (Å²) >= 11 is 1.71. The van der Waals surface area contributed by atoms with Crippen molar-refractivity contribution in [2.75, 3.05) is 38.5 Å². The highest BCUT2D eigenvalue weighted by Gasteiger charge is 2.23. The Morgan fingerprint density at radius 2 is 2.06 bits per heavy atom. The van der Waals surface area contributed by atoms with Gasteiger partial charge in [0.1, 0.15) is 11.3 Å². The average Bonchev–Trinajstić information content (AvgIpc) is 3.26. The molecule has 4 rings (SSSR count). The second kappa shape index (κ2) is 14.9. The Labute approximate surface area is 230 Å². The Bertz CT molecular complexity index is 1050. The Hall–Kier alpha value is -1.55. The van der Waals surface area contributed by atoms with Gasteiger partial charge in [-0.1, -0.05) is 25.5 Å². The second-order valence-corrected chi connectivity index (χ2v) is 9.15. The molecule has 1 aliphatic carbocycles. The number of thioether (sulfide) groups is 1. The van der Waals surface area contributed by atoms with Gasteiger partial charge >= 0.3 is 0 Å². The molecule has 1 atom stereocenters. The minimum atomic E-state index is 0. The topological polar surface area (TPSA) is 99.4 Å². The smallest absolute Gasteiger partial charge is 0.151 e. The minimum Gasteiger partial charge on any atom is -0.506 e. The summed E-state index contributed by atoms with van der Waals surface area (Å²) in [7, 11) is 0. The molecule has 0 saturated carbocycles. The summed E-state index contributed by atoms with van der Waals surface area (Å²) in [6, 6.07) is 1.77. The molecule has 1 aromatic heterocycles. The van der Waals surface area contributed by atoms with Crippen LogP contribution in [-0.2, 0) is 0 Å². The monoisotopic (exact) mass is 563 g/mol. The first-order valence-corrected chi connectivity index (χ1v) is 12.4. The van der Waals surface area contributed by atoms with Crippen molar-refractivity contribution >= 4 is 66.0 Å². The molecule has 2 aromatic rings. The number of hydrogen-bond donors (Lipinski definition) is 4. The fourth-order valence-corrected chi connectivity index (χ4v) is 5.42. The molecular weight excluding hydrogens is 529 g/mol. The molecule has 2 aliphatic rings. The number of phenols is 1. The van der Waals surface area contributed by atoms with E-state index in [4.69, 9.17) is 10.5 Å². The maximum absolute atomic E-state index is 10.5. The first-order valence-electron chi connectivity index (χ1n) is 11.4. The molecule has 1 aliphatic heterocycles. The highest BCUT2D eigenvalue weighted by atomic mass is 35.5. The molecular formula is C24H36Cl3N5O2S. The number of benzene rings is 1. The first kappa shape index (κ1) is 31.5. The van der Waals surface area contributed by atoms with Crippen molar-refractivity contribution in [1.82, 2.24) is 20.4 Å². The molecule has 196 valence electrons. The lowest BCUT2D eigenvalue weighted by Crippen LogP contribution is -2.28. The van der Waals surface area contributed by atoms with Gasteiger partial charge < -0.3 is 25.8 Å². The van der Waals surface area contributed by atoms with Crippen molar-refractivity contribution in [3.63, 3.8) is 0 Å². The van der Waals surface area contributed by atoms with E-state index in [1.807, 2.05) is 6.08 Å². The van der Waals surface area contributed by atoms with Gasteiger partial charge in [0.25, 0.3) is 0 Å². The van der Waals surface area contributed by atoms with Gasteiger partial charge in [0.2, 0.25) is 0 Å². The number of hydrogen-bond acceptors (Lipinski definition) is 7. The van der Waals surface area contributed by atoms with Crippen molar-refractivity contribution in [2.45, 2.75) is 31.6 Å². The van der Waals surface area contributed by atoms with Crippen LogP contribution in [0.1, 0.15) is 32.4 Å². The summed E-state index contributed by atoms with van der Waals surface area (Å²) in [6.45, 7) is 9.08. The average molecular weight is 565 g/mol. The van der Waals surface area contributed by atoms with Crippen LogP contribution < -0.4 is 15.8 Å². The number of aromatic hydroxyl groups is 1. The van der Waals surface area contributed by atoms with Gasteiger partial charge in [-0.3, -0.25) is 5.10 Å². The predicted octanol–water partition coefficient (Wildman–Crippen LogP) is 5.10. The summed E-state index contributed by atoms with van der Waals surface area (Å²) in [5.74, 6) is 2.28. The molecule has 11 heteroatoms. The van der Waals surface area contributed by atoms with Crippen LogP contribution in [0.4, 0.5) is 0 Å². The van der Waals surface area contributed by atoms with Crippen molar-refractivity contribution in [1.29, 1.82) is 0 Å². The molecule has 0 amide bonds. The molecule has 0 saturated heterocycles. The standard InChI is InChI=1S/C24H33N5O2S.3ClH/c1-3-29(4-2)11-7-16-5-6-18(26-10-9-25)13-17(16)15-32-21-14-20(30)23-22-19(27-28-23)8-12-31-24(21)22;;;/h6,8,12-14,16,26,30H,3-5,7,9-11,15,25H2,1-2H3,(H,27,28);3*1H. The number of aromatic amines is 1. The van der Waals surface area contributed by atoms with Gasteiger partial charge in [-0.15, -0.1) is 49.0 Å². The molecule has 0 bridgehead atoms. The number of allylic oxidation sites excluding steroid dienone is 2. The number of aromatic nitrogens is 2. The lowest BCUT2D eigenvalue weighted by atomic mass is 9.88. The van der Waals surface area contributed by atoms with Crippen LogP contribution in [0.5, 0.6) is 11.5 Å². The number of phenolic OH excluding ortho intramolecular Hbond substituents is 1. The zero-order chi connectivity index (χ0) is 22.5. The Balaban J connectivity index is 0.00000204. The summed E-state index contributed by atoms with van der Waals surface area (Å²) < 4.78 is 5.85. The van der Waals surface area contributed by atoms with Crippen LogP contribution in [0.15, 0.2) is 40.6 Å². The van der Waals surface area contributed by atoms with E-state index in [1.54, 1.807) is 24.1 Å². The normalized spacial score (nSPS) is 15.9. The number of ether oxygens (including phenoxy) is 1. The lowest BCUT2D eigenvalue weighted by molar-refractivity contribution is 0.283. The third-order valence-electron chi connectivity index (χ3n) is 6.22. The Kier molecular flexibility index (Phi) is 13.4. The molecule has 1 aromatic carbocycles. The van der Waals surface area contributed by atoms with E-state index in [-0.39, 0.29) is 43.0 Å². The summed E-state index contributed by atoms with van der Waals surface area (Å²) in [6.07, 6.45) is 10.3. The summed E-state index contributed by atoms with van der Waals surface area (Å²) in [5, 5.41) is 22.0. The van der Waals surface area contributed by atoms with Crippen molar-refractivity contribution < 1.29 is 9.84 Å². The van der Waals surface area contributed by atoms with Crippen molar-refractivity contribution in [3.05, 3.63) is 41.4 Å². The Morgan fingerprint density at radius 3 is 2.77 bits per heavy atom. The fraction of sp³-hybridized carbons (Fsp3) is 0.458. The van der Waals surface area contributed by atoms with Gasteiger partial charge in [0.15, 0.2) is 5.75 Å². The summed E-state index contributed by atoms with van der Waals surface area (Å²) in [5.41, 5.74) is 9.66. The van der Waals surface area contributed by atoms with E-state index < -0.39 is 0 Å². The van der Waals surface area contributed by atoms with E-state index >= 15 is 0 Å². The Morgan fingerprint density at radius 1 is 1.29 bits per heavy atom. The maximum Gasteiger partial charge on any atom is 0.151 e. The molecule has 0 fully saturated rings. The van der Waals surface area contributed by atoms with Crippen LogP contribution in [-0.4, -0.2) is 58.7 Å². The number of nitrogens with two attached hydrogens (primary N) is 1. The quantitative estimate of drug-likeness (QED) is 0.282. The van der Waals surface area contributed by atoms with Crippen LogP contribution in [0.25, 0.3) is 17.0 Å². The molecule has 35 heavy (non-hydrogen) atoms. The fourth-order valence-electron chi connectivity index (χ4n) is 4.31. The van der Waals surface area contributed by atoms with Gasteiger partial charge in [-0.05, 0) is 56.6 Å². The number of nitrogens with one attached hydrogen (secondary N) is 2. The van der Waals surface area contributed by atoms with Crippen LogP contribution in [0.2, 0.25) is 0 Å². The highest BCUT2D eigenvalue weighted by Crippen LogP contribution is 2.45. The molecule has 1 unspecified atom stereocenters. The molecule has 0 spiro atoms. The van der Waals surface area contributed by atoms with Gasteiger partial charge in [0, 0.05) is 24.5 Å². The van der Waals surface area contributed by atoms with E-state index in [0.29, 0.717) is 18.0 Å². The van der Waals surface area contributed by atoms with E-state index in [0.717, 1.165) is 72.2 Å². The van der Waals surface area contributed by atoms with Gasteiger partial charge in [-0.25, -0.2) is 0 Å².